The van der Waals surface area contributed by atoms with Crippen molar-refractivity contribution in [3.63, 3.8) is 0 Å². The Morgan fingerprint density at radius 2 is 1.67 bits per heavy atom. The molecule has 7 nitrogen and oxygen atoms in total. The molecule has 1 aliphatic heterocycles. The van der Waals surface area contributed by atoms with E-state index in [4.69, 9.17) is 14.7 Å². The summed E-state index contributed by atoms with van der Waals surface area (Å²) in [6.45, 7) is 1.38. The molecule has 0 saturated heterocycles. The summed E-state index contributed by atoms with van der Waals surface area (Å²) in [6, 6.07) is 14.9. The zero-order chi connectivity index (χ0) is 19.4. The maximum absolute atomic E-state index is 12.2. The summed E-state index contributed by atoms with van der Waals surface area (Å²) in [5.41, 5.74) is 1.19. The van der Waals surface area contributed by atoms with Gasteiger partial charge >= 0.3 is 5.97 Å². The molecule has 3 rings (SSSR count). The first kappa shape index (κ1) is 18.1. The van der Waals surface area contributed by atoms with Crippen molar-refractivity contribution in [2.45, 2.75) is 13.0 Å². The van der Waals surface area contributed by atoms with Gasteiger partial charge in [0.2, 0.25) is 0 Å². The first-order valence-electron chi connectivity index (χ1n) is 8.30. The van der Waals surface area contributed by atoms with Gasteiger partial charge in [-0.05, 0) is 43.3 Å². The normalized spacial score (nSPS) is 13.7. The molecule has 2 amide bonds. The molecule has 0 spiro atoms. The second kappa shape index (κ2) is 7.70. The summed E-state index contributed by atoms with van der Waals surface area (Å²) in [7, 11) is 0. The molecule has 0 aromatic heterocycles. The van der Waals surface area contributed by atoms with Crippen molar-refractivity contribution in [1.29, 1.82) is 5.26 Å². The van der Waals surface area contributed by atoms with Crippen LogP contribution < -0.4 is 4.74 Å². The highest BCUT2D eigenvalue weighted by molar-refractivity contribution is 6.21. The Hall–Kier alpha value is -3.66. The number of carbonyl (C=O) groups is 3. The molecule has 136 valence electrons. The largest absolute Gasteiger partial charge is 0.479 e. The Labute approximate surface area is 155 Å². The van der Waals surface area contributed by atoms with Crippen molar-refractivity contribution in [1.82, 2.24) is 4.90 Å². The van der Waals surface area contributed by atoms with Gasteiger partial charge in [-0.25, -0.2) is 4.79 Å². The van der Waals surface area contributed by atoms with Crippen LogP contribution in [0.15, 0.2) is 48.5 Å². The van der Waals surface area contributed by atoms with Crippen molar-refractivity contribution < 1.29 is 23.9 Å². The van der Waals surface area contributed by atoms with Gasteiger partial charge in [-0.1, -0.05) is 12.1 Å². The summed E-state index contributed by atoms with van der Waals surface area (Å²) in [6.07, 6.45) is -0.875. The third kappa shape index (κ3) is 3.80. The van der Waals surface area contributed by atoms with E-state index in [-0.39, 0.29) is 13.2 Å². The van der Waals surface area contributed by atoms with Crippen LogP contribution in [0.1, 0.15) is 33.2 Å². The van der Waals surface area contributed by atoms with Crippen molar-refractivity contribution in [2.24, 2.45) is 0 Å². The van der Waals surface area contributed by atoms with Crippen LogP contribution in [0.3, 0.4) is 0 Å². The number of imide groups is 1. The molecule has 0 N–H and O–H groups in total. The molecular formula is C20H16N2O5. The number of nitriles is 1. The lowest BCUT2D eigenvalue weighted by molar-refractivity contribution is -0.151. The van der Waals surface area contributed by atoms with Gasteiger partial charge in [-0.15, -0.1) is 0 Å². The molecule has 0 radical (unpaired) electrons. The Kier molecular flexibility index (Phi) is 5.18. The maximum atomic E-state index is 12.2. The van der Waals surface area contributed by atoms with Crippen LogP contribution in [0.5, 0.6) is 5.75 Å². The minimum Gasteiger partial charge on any atom is -0.479 e. The summed E-state index contributed by atoms with van der Waals surface area (Å²) in [5.74, 6) is -0.975. The van der Waals surface area contributed by atoms with Crippen molar-refractivity contribution in [2.75, 3.05) is 13.2 Å². The van der Waals surface area contributed by atoms with Gasteiger partial charge < -0.3 is 9.47 Å². The second-order valence-electron chi connectivity index (χ2n) is 5.87. The molecule has 0 saturated carbocycles. The van der Waals surface area contributed by atoms with E-state index in [1.807, 2.05) is 6.07 Å². The molecule has 2 aromatic carbocycles. The van der Waals surface area contributed by atoms with Crippen LogP contribution in [0.4, 0.5) is 0 Å². The third-order valence-corrected chi connectivity index (χ3v) is 4.07. The lowest BCUT2D eigenvalue weighted by atomic mass is 10.1. The SMILES string of the molecule is C[C@H](Oc1ccc(C#N)cc1)C(=O)OCCN1C(=O)c2ccccc2C1=O. The summed E-state index contributed by atoms with van der Waals surface area (Å²) in [4.78, 5) is 37.6. The number of hydrogen-bond donors (Lipinski definition) is 0. The monoisotopic (exact) mass is 364 g/mol. The van der Waals surface area contributed by atoms with Gasteiger partial charge in [0.15, 0.2) is 6.10 Å². The topological polar surface area (TPSA) is 96.7 Å². The number of esters is 1. The van der Waals surface area contributed by atoms with Crippen molar-refractivity contribution in [3.8, 4) is 11.8 Å². The molecule has 1 atom stereocenters. The molecule has 0 bridgehead atoms. The fraction of sp³-hybridized carbons (Fsp3) is 0.200. The lowest BCUT2D eigenvalue weighted by Gasteiger charge is -2.16. The first-order valence-corrected chi connectivity index (χ1v) is 8.30. The standard InChI is InChI=1S/C20H16N2O5/c1-13(27-15-8-6-14(12-21)7-9-15)20(25)26-11-10-22-18(23)16-4-2-3-5-17(16)19(22)24/h2-9,13H,10-11H2,1H3/t13-/m0/s1. The molecule has 2 aromatic rings. The predicted molar refractivity (Wildman–Crippen MR) is 94.0 cm³/mol. The van der Waals surface area contributed by atoms with Crippen LogP contribution >= 0.6 is 0 Å². The third-order valence-electron chi connectivity index (χ3n) is 4.07. The number of rotatable bonds is 6. The number of carbonyl (C=O) groups excluding carboxylic acids is 3. The van der Waals surface area contributed by atoms with E-state index in [0.29, 0.717) is 22.4 Å². The van der Waals surface area contributed by atoms with E-state index >= 15 is 0 Å². The molecular weight excluding hydrogens is 348 g/mol. The van der Waals surface area contributed by atoms with E-state index in [2.05, 4.69) is 0 Å². The predicted octanol–water partition coefficient (Wildman–Crippen LogP) is 2.16. The molecule has 1 heterocycles. The van der Waals surface area contributed by atoms with Gasteiger partial charge in [0.1, 0.15) is 12.4 Å². The van der Waals surface area contributed by atoms with E-state index in [0.717, 1.165) is 4.90 Å². The Morgan fingerprint density at radius 1 is 1.07 bits per heavy atom. The number of ether oxygens (including phenoxy) is 2. The molecule has 27 heavy (non-hydrogen) atoms. The highest BCUT2D eigenvalue weighted by atomic mass is 16.6. The number of fused-ring (bicyclic) bond motifs is 1. The average molecular weight is 364 g/mol. The minimum atomic E-state index is -0.875. The van der Waals surface area contributed by atoms with Gasteiger partial charge in [0.25, 0.3) is 11.8 Å². The van der Waals surface area contributed by atoms with Crippen LogP contribution in [0.2, 0.25) is 0 Å². The van der Waals surface area contributed by atoms with E-state index in [1.54, 1.807) is 48.5 Å². The first-order chi connectivity index (χ1) is 13.0. The van der Waals surface area contributed by atoms with E-state index in [9.17, 15) is 14.4 Å². The van der Waals surface area contributed by atoms with E-state index < -0.39 is 23.9 Å². The zero-order valence-corrected chi connectivity index (χ0v) is 14.5. The van der Waals surface area contributed by atoms with Crippen molar-refractivity contribution >= 4 is 17.8 Å². The lowest BCUT2D eigenvalue weighted by Crippen LogP contribution is -2.35. The molecule has 0 aliphatic carbocycles. The van der Waals surface area contributed by atoms with Gasteiger partial charge in [0, 0.05) is 0 Å². The molecule has 7 heteroatoms. The Morgan fingerprint density at radius 3 is 2.22 bits per heavy atom. The number of amides is 2. The average Bonchev–Trinajstić information content (AvgIpc) is 2.93. The van der Waals surface area contributed by atoms with Crippen molar-refractivity contribution in [3.05, 3.63) is 65.2 Å². The van der Waals surface area contributed by atoms with Crippen LogP contribution in [-0.2, 0) is 9.53 Å². The molecule has 0 fully saturated rings. The number of hydrogen-bond acceptors (Lipinski definition) is 6. The summed E-state index contributed by atoms with van der Waals surface area (Å²) >= 11 is 0. The number of nitrogens with zero attached hydrogens (tertiary/aromatic N) is 2. The number of benzene rings is 2. The fourth-order valence-corrected chi connectivity index (χ4v) is 2.66. The molecule has 1 aliphatic rings. The van der Waals surface area contributed by atoms with E-state index in [1.165, 1.54) is 6.92 Å². The Balaban J connectivity index is 1.50. The van der Waals surface area contributed by atoms with Gasteiger partial charge in [0.05, 0.1) is 29.3 Å². The highest BCUT2D eigenvalue weighted by Crippen LogP contribution is 2.22. The summed E-state index contributed by atoms with van der Waals surface area (Å²) in [5, 5.41) is 8.76. The highest BCUT2D eigenvalue weighted by Gasteiger charge is 2.35. The fourth-order valence-electron chi connectivity index (χ4n) is 2.66. The minimum absolute atomic E-state index is 0.0261. The van der Waals surface area contributed by atoms with Crippen LogP contribution in [-0.4, -0.2) is 41.9 Å². The van der Waals surface area contributed by atoms with Gasteiger partial charge in [-0.3, -0.25) is 14.5 Å². The van der Waals surface area contributed by atoms with Crippen LogP contribution in [0, 0.1) is 11.3 Å². The quantitative estimate of drug-likeness (QED) is 0.576. The summed E-state index contributed by atoms with van der Waals surface area (Å²) < 4.78 is 10.6. The van der Waals surface area contributed by atoms with Gasteiger partial charge in [-0.2, -0.15) is 5.26 Å². The Bertz CT molecular complexity index is 895. The smallest absolute Gasteiger partial charge is 0.347 e. The zero-order valence-electron chi connectivity index (χ0n) is 14.5. The molecule has 0 unspecified atom stereocenters. The van der Waals surface area contributed by atoms with Crippen LogP contribution in [0.25, 0.3) is 0 Å². The maximum Gasteiger partial charge on any atom is 0.347 e. The second-order valence-corrected chi connectivity index (χ2v) is 5.87.